The van der Waals surface area contributed by atoms with Crippen molar-refractivity contribution in [3.05, 3.63) is 34.9 Å². The number of hydrogen-bond donors (Lipinski definition) is 2. The zero-order valence-corrected chi connectivity index (χ0v) is 14.8. The minimum atomic E-state index is -0.640. The van der Waals surface area contributed by atoms with Crippen LogP contribution >= 0.6 is 0 Å². The number of nitrogens with two attached hydrogens (primary N) is 1. The number of aliphatic hydroxyl groups is 1. The van der Waals surface area contributed by atoms with Gasteiger partial charge >= 0.3 is 0 Å². The van der Waals surface area contributed by atoms with Crippen LogP contribution in [-0.2, 0) is 11.8 Å². The molecule has 1 heterocycles. The third-order valence-electron chi connectivity index (χ3n) is 7.55. The third-order valence-corrected chi connectivity index (χ3v) is 7.55. The highest BCUT2D eigenvalue weighted by Gasteiger charge is 2.64. The standard InChI is InChI=1S/C21H30N2O/c1-14-2-5-16-11-19-21(24)12-17(22)6-7-20(21,18(16)10-14)8-9-23(19)13-15-3-4-15/h2,5,10,15,17,19,24H,3-4,6-9,11-13,22H2,1H3/t17-,19+,20-,21+/m0/s1. The van der Waals surface area contributed by atoms with Crippen molar-refractivity contribution in [2.45, 2.75) is 75.0 Å². The first kappa shape index (κ1) is 15.4. The molecule has 0 spiro atoms. The number of fused-ring (bicyclic) bond motifs is 1. The van der Waals surface area contributed by atoms with Crippen LogP contribution in [0.1, 0.15) is 55.2 Å². The molecule has 1 aromatic rings. The molecule has 0 unspecified atom stereocenters. The second-order valence-corrected chi connectivity index (χ2v) is 9.08. The van der Waals surface area contributed by atoms with E-state index in [0.29, 0.717) is 0 Å². The van der Waals surface area contributed by atoms with Crippen LogP contribution in [0.15, 0.2) is 18.2 Å². The molecule has 0 radical (unpaired) electrons. The lowest BCUT2D eigenvalue weighted by molar-refractivity contribution is -0.169. The van der Waals surface area contributed by atoms with Gasteiger partial charge in [-0.2, -0.15) is 0 Å². The second-order valence-electron chi connectivity index (χ2n) is 9.08. The molecule has 1 aliphatic heterocycles. The van der Waals surface area contributed by atoms with Crippen molar-refractivity contribution in [2.24, 2.45) is 11.7 Å². The van der Waals surface area contributed by atoms with Crippen molar-refractivity contribution >= 4 is 0 Å². The van der Waals surface area contributed by atoms with Crippen LogP contribution in [-0.4, -0.2) is 40.8 Å². The molecule has 1 saturated heterocycles. The molecule has 0 aromatic heterocycles. The smallest absolute Gasteiger partial charge is 0.0916 e. The molecule has 3 nitrogen and oxygen atoms in total. The molecule has 3 N–H and O–H groups in total. The first-order valence-electron chi connectivity index (χ1n) is 9.84. The highest BCUT2D eigenvalue weighted by atomic mass is 16.3. The van der Waals surface area contributed by atoms with Crippen LogP contribution in [0.2, 0.25) is 0 Å². The molecule has 5 rings (SSSR count). The Kier molecular flexibility index (Phi) is 3.24. The minimum Gasteiger partial charge on any atom is -0.387 e. The van der Waals surface area contributed by atoms with Crippen LogP contribution in [0.25, 0.3) is 0 Å². The Morgan fingerprint density at radius 3 is 2.88 bits per heavy atom. The Morgan fingerprint density at radius 1 is 1.25 bits per heavy atom. The number of likely N-dealkylation sites (tertiary alicyclic amines) is 1. The summed E-state index contributed by atoms with van der Waals surface area (Å²) in [6.45, 7) is 4.50. The first-order valence-corrected chi connectivity index (χ1v) is 9.84. The largest absolute Gasteiger partial charge is 0.387 e. The van der Waals surface area contributed by atoms with Gasteiger partial charge in [-0.05, 0) is 75.5 Å². The Balaban J connectivity index is 1.64. The van der Waals surface area contributed by atoms with E-state index in [-0.39, 0.29) is 17.5 Å². The van der Waals surface area contributed by atoms with Gasteiger partial charge in [-0.25, -0.2) is 0 Å². The Morgan fingerprint density at radius 2 is 2.08 bits per heavy atom. The van der Waals surface area contributed by atoms with E-state index in [1.165, 1.54) is 36.1 Å². The molecule has 24 heavy (non-hydrogen) atoms. The van der Waals surface area contributed by atoms with Gasteiger partial charge in [0, 0.05) is 24.0 Å². The fraction of sp³-hybridized carbons (Fsp3) is 0.714. The van der Waals surface area contributed by atoms with E-state index >= 15 is 0 Å². The highest BCUT2D eigenvalue weighted by molar-refractivity contribution is 5.46. The molecule has 2 saturated carbocycles. The van der Waals surface area contributed by atoms with Crippen LogP contribution < -0.4 is 5.73 Å². The van der Waals surface area contributed by atoms with Crippen molar-refractivity contribution in [3.63, 3.8) is 0 Å². The van der Waals surface area contributed by atoms with Crippen molar-refractivity contribution < 1.29 is 5.11 Å². The van der Waals surface area contributed by atoms with Gasteiger partial charge in [0.25, 0.3) is 0 Å². The van der Waals surface area contributed by atoms with Crippen molar-refractivity contribution in [1.29, 1.82) is 0 Å². The molecule has 0 amide bonds. The molecule has 3 aliphatic carbocycles. The molecule has 2 bridgehead atoms. The van der Waals surface area contributed by atoms with E-state index in [0.717, 1.165) is 44.6 Å². The second kappa shape index (κ2) is 5.06. The Hall–Kier alpha value is -0.900. The van der Waals surface area contributed by atoms with E-state index in [9.17, 15) is 5.11 Å². The average molecular weight is 326 g/mol. The van der Waals surface area contributed by atoms with Crippen molar-refractivity contribution in [3.8, 4) is 0 Å². The Labute approximate surface area is 145 Å². The van der Waals surface area contributed by atoms with Crippen molar-refractivity contribution in [1.82, 2.24) is 4.90 Å². The van der Waals surface area contributed by atoms with E-state index in [4.69, 9.17) is 5.73 Å². The highest BCUT2D eigenvalue weighted by Crippen LogP contribution is 2.58. The predicted molar refractivity (Wildman–Crippen MR) is 96.0 cm³/mol. The van der Waals surface area contributed by atoms with Crippen LogP contribution in [0.3, 0.4) is 0 Å². The molecular formula is C21H30N2O. The molecule has 4 aliphatic rings. The molecule has 1 aromatic carbocycles. The summed E-state index contributed by atoms with van der Waals surface area (Å²) in [6.07, 6.45) is 7.71. The van der Waals surface area contributed by atoms with Gasteiger partial charge in [0.05, 0.1) is 5.60 Å². The molecular weight excluding hydrogens is 296 g/mol. The average Bonchev–Trinajstić information content (AvgIpc) is 3.34. The van der Waals surface area contributed by atoms with Gasteiger partial charge < -0.3 is 10.8 Å². The van der Waals surface area contributed by atoms with Crippen molar-refractivity contribution in [2.75, 3.05) is 13.1 Å². The number of nitrogens with zero attached hydrogens (tertiary/aromatic N) is 1. The fourth-order valence-corrected chi connectivity index (χ4v) is 6.11. The number of piperidine rings is 1. The quantitative estimate of drug-likeness (QED) is 0.878. The number of rotatable bonds is 2. The maximum absolute atomic E-state index is 12.1. The normalized spacial score (nSPS) is 41.6. The number of hydrogen-bond acceptors (Lipinski definition) is 3. The summed E-state index contributed by atoms with van der Waals surface area (Å²) in [4.78, 5) is 2.62. The number of benzene rings is 1. The lowest BCUT2D eigenvalue weighted by Gasteiger charge is -2.64. The van der Waals surface area contributed by atoms with E-state index < -0.39 is 5.60 Å². The zero-order chi connectivity index (χ0) is 16.5. The molecule has 3 heteroatoms. The topological polar surface area (TPSA) is 49.5 Å². The summed E-state index contributed by atoms with van der Waals surface area (Å²) in [6, 6.07) is 7.35. The van der Waals surface area contributed by atoms with E-state index in [2.05, 4.69) is 30.0 Å². The maximum atomic E-state index is 12.1. The molecule has 3 fully saturated rings. The SMILES string of the molecule is Cc1ccc2c(c1)[C@@]13CC[C@H](N)C[C@@]1(O)[C@@H](C2)N(CC1CC1)CC3. The summed E-state index contributed by atoms with van der Waals surface area (Å²) >= 11 is 0. The van der Waals surface area contributed by atoms with Crippen LogP contribution in [0, 0.1) is 12.8 Å². The van der Waals surface area contributed by atoms with Gasteiger partial charge in [0.1, 0.15) is 0 Å². The van der Waals surface area contributed by atoms with Gasteiger partial charge in [-0.3, -0.25) is 4.90 Å². The lowest BCUT2D eigenvalue weighted by atomic mass is 9.49. The summed E-state index contributed by atoms with van der Waals surface area (Å²) in [5, 5.41) is 12.1. The van der Waals surface area contributed by atoms with E-state index in [1.807, 2.05) is 0 Å². The lowest BCUT2D eigenvalue weighted by Crippen LogP contribution is -2.74. The van der Waals surface area contributed by atoms with Gasteiger partial charge in [0.15, 0.2) is 0 Å². The van der Waals surface area contributed by atoms with Crippen LogP contribution in [0.4, 0.5) is 0 Å². The summed E-state index contributed by atoms with van der Waals surface area (Å²) < 4.78 is 0. The fourth-order valence-electron chi connectivity index (χ4n) is 6.11. The van der Waals surface area contributed by atoms with E-state index in [1.54, 1.807) is 0 Å². The molecule has 4 atom stereocenters. The van der Waals surface area contributed by atoms with Gasteiger partial charge in [-0.1, -0.05) is 23.8 Å². The van der Waals surface area contributed by atoms with Gasteiger partial charge in [0.2, 0.25) is 0 Å². The third kappa shape index (κ3) is 2.01. The maximum Gasteiger partial charge on any atom is 0.0916 e. The van der Waals surface area contributed by atoms with Gasteiger partial charge in [-0.15, -0.1) is 0 Å². The Bertz CT molecular complexity index is 670. The summed E-state index contributed by atoms with van der Waals surface area (Å²) in [5.74, 6) is 0.873. The zero-order valence-electron chi connectivity index (χ0n) is 14.8. The summed E-state index contributed by atoms with van der Waals surface area (Å²) in [5.41, 5.74) is 9.90. The monoisotopic (exact) mass is 326 g/mol. The predicted octanol–water partition coefficient (Wildman–Crippen LogP) is 2.52. The first-order chi connectivity index (χ1) is 11.5. The van der Waals surface area contributed by atoms with Crippen LogP contribution in [0.5, 0.6) is 0 Å². The number of aryl methyl sites for hydroxylation is 1. The molecule has 130 valence electrons. The minimum absolute atomic E-state index is 0.0623. The summed E-state index contributed by atoms with van der Waals surface area (Å²) in [7, 11) is 0.